The number of rotatable bonds is 8. The second-order valence-electron chi connectivity index (χ2n) is 4.39. The normalized spacial score (nSPS) is 17.8. The molecule has 0 aromatic heterocycles. The zero-order chi connectivity index (χ0) is 11.8. The second kappa shape index (κ2) is 7.46. The summed E-state index contributed by atoms with van der Waals surface area (Å²) in [4.78, 5) is 2.42. The quantitative estimate of drug-likeness (QED) is 0.248. The Morgan fingerprint density at radius 2 is 2.00 bits per heavy atom. The smallest absolute Gasteiger partial charge is 0.139 e. The molecule has 94 valence electrons. The minimum Gasteiger partial charge on any atom is -0.409 e. The van der Waals surface area contributed by atoms with Gasteiger partial charge in [0.25, 0.3) is 0 Å². The third-order valence-corrected chi connectivity index (χ3v) is 3.20. The number of aliphatic hydroxyl groups excluding tert-OH is 1. The molecule has 0 aliphatic heterocycles. The average molecular weight is 229 g/mol. The van der Waals surface area contributed by atoms with Crippen LogP contribution in [-0.4, -0.2) is 46.8 Å². The summed E-state index contributed by atoms with van der Waals surface area (Å²) in [5.41, 5.74) is 5.42. The van der Waals surface area contributed by atoms with E-state index in [0.29, 0.717) is 18.3 Å². The first-order valence-corrected chi connectivity index (χ1v) is 6.09. The Bertz CT molecular complexity index is 217. The van der Waals surface area contributed by atoms with Crippen molar-refractivity contribution in [2.75, 3.05) is 19.7 Å². The fraction of sp³-hybridized carbons (Fsp3) is 0.909. The van der Waals surface area contributed by atoms with E-state index in [9.17, 15) is 0 Å². The molecular formula is C11H23N3O2. The predicted octanol–water partition coefficient (Wildman–Crippen LogP) is 0.750. The maximum absolute atomic E-state index is 8.84. The molecule has 0 unspecified atom stereocenters. The highest BCUT2D eigenvalue weighted by Crippen LogP contribution is 2.25. The van der Waals surface area contributed by atoms with Crippen LogP contribution in [0.4, 0.5) is 0 Å². The molecule has 1 rings (SSSR count). The zero-order valence-electron chi connectivity index (χ0n) is 9.81. The fourth-order valence-corrected chi connectivity index (χ4v) is 2.02. The lowest BCUT2D eigenvalue weighted by atomic mass is 9.91. The highest BCUT2D eigenvalue weighted by atomic mass is 16.4. The Morgan fingerprint density at radius 3 is 2.50 bits per heavy atom. The van der Waals surface area contributed by atoms with Crippen molar-refractivity contribution in [1.29, 1.82) is 0 Å². The van der Waals surface area contributed by atoms with E-state index in [-0.39, 0.29) is 6.61 Å². The van der Waals surface area contributed by atoms with Crippen LogP contribution in [0.25, 0.3) is 0 Å². The molecule has 5 nitrogen and oxygen atoms in total. The first-order chi connectivity index (χ1) is 7.77. The van der Waals surface area contributed by atoms with Crippen LogP contribution in [0.2, 0.25) is 0 Å². The molecule has 0 heterocycles. The van der Waals surface area contributed by atoms with Crippen molar-refractivity contribution in [3.63, 3.8) is 0 Å². The molecule has 4 N–H and O–H groups in total. The lowest BCUT2D eigenvalue weighted by molar-refractivity contribution is 0.116. The van der Waals surface area contributed by atoms with Crippen LogP contribution in [0.15, 0.2) is 5.16 Å². The molecule has 0 aromatic rings. The van der Waals surface area contributed by atoms with E-state index in [1.165, 1.54) is 19.3 Å². The number of nitrogens with two attached hydrogens (primary N) is 1. The van der Waals surface area contributed by atoms with E-state index in [0.717, 1.165) is 25.9 Å². The summed E-state index contributed by atoms with van der Waals surface area (Å²) in [6.45, 7) is 2.18. The van der Waals surface area contributed by atoms with Crippen LogP contribution in [0, 0.1) is 0 Å². The third kappa shape index (κ3) is 4.37. The summed E-state index contributed by atoms with van der Waals surface area (Å²) in [7, 11) is 0. The maximum atomic E-state index is 8.84. The van der Waals surface area contributed by atoms with E-state index >= 15 is 0 Å². The first kappa shape index (κ1) is 13.3. The Morgan fingerprint density at radius 1 is 1.31 bits per heavy atom. The van der Waals surface area contributed by atoms with Gasteiger partial charge < -0.3 is 20.9 Å². The minimum atomic E-state index is 0.253. The van der Waals surface area contributed by atoms with Gasteiger partial charge in [0.05, 0.1) is 0 Å². The summed E-state index contributed by atoms with van der Waals surface area (Å²) in [5, 5.41) is 20.2. The van der Waals surface area contributed by atoms with Crippen LogP contribution < -0.4 is 5.73 Å². The van der Waals surface area contributed by atoms with Crippen molar-refractivity contribution in [1.82, 2.24) is 4.90 Å². The molecule has 1 fully saturated rings. The van der Waals surface area contributed by atoms with E-state index < -0.39 is 0 Å². The Labute approximate surface area is 96.9 Å². The van der Waals surface area contributed by atoms with Gasteiger partial charge in [0.15, 0.2) is 0 Å². The van der Waals surface area contributed by atoms with Crippen LogP contribution in [0.1, 0.15) is 38.5 Å². The average Bonchev–Trinajstić information content (AvgIpc) is 2.22. The van der Waals surface area contributed by atoms with Crippen molar-refractivity contribution in [3.8, 4) is 0 Å². The third-order valence-electron chi connectivity index (χ3n) is 3.20. The molecule has 0 aromatic carbocycles. The molecular weight excluding hydrogens is 206 g/mol. The summed E-state index contributed by atoms with van der Waals surface area (Å²) in [5.74, 6) is 0.302. The van der Waals surface area contributed by atoms with E-state index in [4.69, 9.17) is 16.0 Å². The van der Waals surface area contributed by atoms with E-state index in [2.05, 4.69) is 10.1 Å². The van der Waals surface area contributed by atoms with Crippen molar-refractivity contribution in [2.24, 2.45) is 10.9 Å². The van der Waals surface area contributed by atoms with Gasteiger partial charge in [-0.1, -0.05) is 11.6 Å². The van der Waals surface area contributed by atoms with Gasteiger partial charge in [0.2, 0.25) is 0 Å². The monoisotopic (exact) mass is 229 g/mol. The molecule has 0 radical (unpaired) electrons. The number of aliphatic hydroxyl groups is 1. The number of hydrogen-bond acceptors (Lipinski definition) is 4. The standard InChI is InChI=1S/C11H23N3O2/c12-11(13-16)6-2-7-14(8-3-9-15)10-4-1-5-10/h10,15-16H,1-9H2,(H2,12,13). The number of nitrogens with zero attached hydrogens (tertiary/aromatic N) is 2. The Balaban J connectivity index is 2.20. The molecule has 5 heteroatoms. The van der Waals surface area contributed by atoms with Crippen molar-refractivity contribution >= 4 is 5.84 Å². The summed E-state index contributed by atoms with van der Waals surface area (Å²) < 4.78 is 0. The van der Waals surface area contributed by atoms with Crippen LogP contribution >= 0.6 is 0 Å². The van der Waals surface area contributed by atoms with Crippen LogP contribution in [-0.2, 0) is 0 Å². The van der Waals surface area contributed by atoms with Gasteiger partial charge in [-0.3, -0.25) is 0 Å². The van der Waals surface area contributed by atoms with Gasteiger partial charge >= 0.3 is 0 Å². The van der Waals surface area contributed by atoms with Gasteiger partial charge in [-0.05, 0) is 32.2 Å². The van der Waals surface area contributed by atoms with Crippen LogP contribution in [0.3, 0.4) is 0 Å². The number of hydrogen-bond donors (Lipinski definition) is 3. The lowest BCUT2D eigenvalue weighted by Gasteiger charge is -2.37. The fourth-order valence-electron chi connectivity index (χ4n) is 2.02. The maximum Gasteiger partial charge on any atom is 0.139 e. The molecule has 0 amide bonds. The van der Waals surface area contributed by atoms with Gasteiger partial charge in [0.1, 0.15) is 5.84 Å². The van der Waals surface area contributed by atoms with E-state index in [1.807, 2.05) is 0 Å². The van der Waals surface area contributed by atoms with Crippen molar-refractivity contribution in [2.45, 2.75) is 44.6 Å². The molecule has 0 atom stereocenters. The zero-order valence-corrected chi connectivity index (χ0v) is 9.81. The second-order valence-corrected chi connectivity index (χ2v) is 4.39. The largest absolute Gasteiger partial charge is 0.409 e. The molecule has 0 spiro atoms. The summed E-state index contributed by atoms with van der Waals surface area (Å²) in [6.07, 6.45) is 6.25. The van der Waals surface area contributed by atoms with Crippen molar-refractivity contribution in [3.05, 3.63) is 0 Å². The molecule has 0 bridgehead atoms. The molecule has 1 aliphatic carbocycles. The molecule has 1 saturated carbocycles. The van der Waals surface area contributed by atoms with Crippen LogP contribution in [0.5, 0.6) is 0 Å². The lowest BCUT2D eigenvalue weighted by Crippen LogP contribution is -2.41. The Hall–Kier alpha value is -0.810. The Kier molecular flexibility index (Phi) is 6.18. The van der Waals surface area contributed by atoms with Gasteiger partial charge in [-0.15, -0.1) is 0 Å². The number of oxime groups is 1. The summed E-state index contributed by atoms with van der Waals surface area (Å²) >= 11 is 0. The van der Waals surface area contributed by atoms with Gasteiger partial charge in [-0.25, -0.2) is 0 Å². The van der Waals surface area contributed by atoms with Gasteiger partial charge in [-0.2, -0.15) is 0 Å². The van der Waals surface area contributed by atoms with Gasteiger partial charge in [0, 0.05) is 25.6 Å². The van der Waals surface area contributed by atoms with Crippen molar-refractivity contribution < 1.29 is 10.3 Å². The number of amidine groups is 1. The topological polar surface area (TPSA) is 82.1 Å². The first-order valence-electron chi connectivity index (χ1n) is 6.09. The SMILES string of the molecule is NC(CCCN(CCCO)C1CCC1)=NO. The highest BCUT2D eigenvalue weighted by molar-refractivity contribution is 5.79. The highest BCUT2D eigenvalue weighted by Gasteiger charge is 2.23. The minimum absolute atomic E-state index is 0.253. The molecule has 0 saturated heterocycles. The van der Waals surface area contributed by atoms with E-state index in [1.54, 1.807) is 0 Å². The summed E-state index contributed by atoms with van der Waals surface area (Å²) in [6, 6.07) is 0.693. The molecule has 16 heavy (non-hydrogen) atoms. The predicted molar refractivity (Wildman–Crippen MR) is 63.6 cm³/mol. The molecule has 1 aliphatic rings.